The molecule has 0 amide bonds. The molecule has 0 aliphatic carbocycles. The van der Waals surface area contributed by atoms with Crippen LogP contribution in [0.1, 0.15) is 72.9 Å². The number of thiophene rings is 1. The van der Waals surface area contributed by atoms with Crippen LogP contribution in [0.4, 0.5) is 4.39 Å². The first-order valence-corrected chi connectivity index (χ1v) is 13.8. The Balaban J connectivity index is 0.00000260. The lowest BCUT2D eigenvalue weighted by Gasteiger charge is -2.15. The maximum Gasteiger partial charge on any atom is 0.348 e. The topological polar surface area (TPSA) is 72.8 Å². The van der Waals surface area contributed by atoms with Crippen LogP contribution < -0.4 is 10.1 Å². The first kappa shape index (κ1) is 31.9. The van der Waals surface area contributed by atoms with Gasteiger partial charge in [-0.25, -0.2) is 14.2 Å². The number of nitrogens with one attached hydrogen (secondary N) is 1. The average molecular weight is 554 g/mol. The van der Waals surface area contributed by atoms with Crippen LogP contribution in [0, 0.1) is 5.82 Å². The number of aromatic nitrogens is 1. The summed E-state index contributed by atoms with van der Waals surface area (Å²) in [6, 6.07) is 10.9. The van der Waals surface area contributed by atoms with Crippen molar-refractivity contribution >= 4 is 29.1 Å². The number of esters is 1. The Hall–Kier alpha value is -3.36. The van der Waals surface area contributed by atoms with Crippen molar-refractivity contribution in [2.45, 2.75) is 60.0 Å². The smallest absolute Gasteiger partial charge is 0.348 e. The highest BCUT2D eigenvalue weighted by atomic mass is 32.1. The molecule has 0 saturated heterocycles. The van der Waals surface area contributed by atoms with Gasteiger partial charge in [-0.2, -0.15) is 0 Å². The molecule has 39 heavy (non-hydrogen) atoms. The van der Waals surface area contributed by atoms with Gasteiger partial charge in [0, 0.05) is 48.4 Å². The molecular formula is C31H40FN3O3S. The fourth-order valence-electron chi connectivity index (χ4n) is 3.75. The Labute approximate surface area is 236 Å². The fraction of sp³-hybridized carbons (Fsp3) is 0.387. The standard InChI is InChI=1S/C29H34FN3O3S.C2H6/c1-8-18(15-31-5)24-12-21(14-26(33-24)35-6)19-9-10-20(23(30)11-19)16-32-17-22-13-25(29(2,3)4)37-27(22)28(34)36-7;1-2/h8-15,32H,16-17H2,1-7H3;1-2H3/b18-8+,31-15?;. The molecule has 3 rings (SSSR count). The number of carbonyl (C=O) groups excluding carboxylic acids is 1. The number of allylic oxidation sites excluding steroid dienone is 2. The van der Waals surface area contributed by atoms with Crippen LogP contribution in [0.3, 0.4) is 0 Å². The van der Waals surface area contributed by atoms with E-state index in [1.165, 1.54) is 24.5 Å². The SMILES string of the molecule is C/C=C(\C=NC)c1cc(-c2ccc(CNCc3cc(C(C)(C)C)sc3C(=O)OC)c(F)c2)cc(OC)n1.CC. The van der Waals surface area contributed by atoms with Crippen molar-refractivity contribution in [3.05, 3.63) is 74.9 Å². The summed E-state index contributed by atoms with van der Waals surface area (Å²) in [6.07, 6.45) is 3.64. The molecule has 0 atom stereocenters. The largest absolute Gasteiger partial charge is 0.481 e. The lowest BCUT2D eigenvalue weighted by molar-refractivity contribution is 0.0605. The summed E-state index contributed by atoms with van der Waals surface area (Å²) in [4.78, 5) is 22.5. The zero-order valence-corrected chi connectivity index (χ0v) is 25.3. The van der Waals surface area contributed by atoms with E-state index in [0.717, 1.165) is 21.6 Å². The molecule has 2 heterocycles. The van der Waals surface area contributed by atoms with E-state index in [2.05, 4.69) is 36.1 Å². The zero-order valence-electron chi connectivity index (χ0n) is 24.4. The summed E-state index contributed by atoms with van der Waals surface area (Å²) in [5, 5.41) is 3.27. The molecule has 0 bridgehead atoms. The Kier molecular flexibility index (Phi) is 12.0. The quantitative estimate of drug-likeness (QED) is 0.220. The van der Waals surface area contributed by atoms with Crippen LogP contribution in [0.5, 0.6) is 5.88 Å². The number of aliphatic imine (C=N–C) groups is 1. The molecule has 0 unspecified atom stereocenters. The molecule has 0 spiro atoms. The lowest BCUT2D eigenvalue weighted by atomic mass is 9.94. The third kappa shape index (κ3) is 8.31. The molecule has 0 aliphatic heterocycles. The van der Waals surface area contributed by atoms with Gasteiger partial charge in [0.05, 0.1) is 19.9 Å². The van der Waals surface area contributed by atoms with Crippen LogP contribution in [0.15, 0.2) is 47.5 Å². The van der Waals surface area contributed by atoms with E-state index >= 15 is 4.39 Å². The van der Waals surface area contributed by atoms with Crippen molar-refractivity contribution in [1.82, 2.24) is 10.3 Å². The van der Waals surface area contributed by atoms with Gasteiger partial charge in [0.25, 0.3) is 0 Å². The van der Waals surface area contributed by atoms with E-state index in [0.29, 0.717) is 40.7 Å². The predicted molar refractivity (Wildman–Crippen MR) is 161 cm³/mol. The van der Waals surface area contributed by atoms with Crippen molar-refractivity contribution in [3.8, 4) is 17.0 Å². The highest BCUT2D eigenvalue weighted by molar-refractivity contribution is 7.14. The van der Waals surface area contributed by atoms with Gasteiger partial charge in [-0.05, 0) is 47.2 Å². The van der Waals surface area contributed by atoms with Gasteiger partial charge in [0.1, 0.15) is 10.7 Å². The van der Waals surface area contributed by atoms with Crippen molar-refractivity contribution in [2.75, 3.05) is 21.3 Å². The second-order valence-electron chi connectivity index (χ2n) is 9.53. The number of hydrogen-bond acceptors (Lipinski definition) is 7. The van der Waals surface area contributed by atoms with E-state index in [1.54, 1.807) is 32.5 Å². The summed E-state index contributed by atoms with van der Waals surface area (Å²) in [6.45, 7) is 13.0. The molecule has 2 aromatic heterocycles. The van der Waals surface area contributed by atoms with E-state index in [-0.39, 0.29) is 17.2 Å². The van der Waals surface area contributed by atoms with Crippen molar-refractivity contribution < 1.29 is 18.7 Å². The summed E-state index contributed by atoms with van der Waals surface area (Å²) >= 11 is 1.44. The summed E-state index contributed by atoms with van der Waals surface area (Å²) in [7, 11) is 4.63. The number of benzene rings is 1. The number of rotatable bonds is 9. The third-order valence-electron chi connectivity index (χ3n) is 5.82. The van der Waals surface area contributed by atoms with Crippen LogP contribution in [-0.4, -0.2) is 38.4 Å². The summed E-state index contributed by atoms with van der Waals surface area (Å²) in [5.74, 6) is -0.238. The fourth-order valence-corrected chi connectivity index (χ4v) is 4.91. The van der Waals surface area contributed by atoms with Gasteiger partial charge < -0.3 is 14.8 Å². The number of hydrogen-bond donors (Lipinski definition) is 1. The van der Waals surface area contributed by atoms with Crippen LogP contribution in [0.25, 0.3) is 16.7 Å². The lowest BCUT2D eigenvalue weighted by Crippen LogP contribution is -2.15. The van der Waals surface area contributed by atoms with E-state index in [1.807, 2.05) is 45.0 Å². The monoisotopic (exact) mass is 553 g/mol. The molecule has 1 aromatic carbocycles. The molecule has 210 valence electrons. The van der Waals surface area contributed by atoms with Gasteiger partial charge in [0.15, 0.2) is 0 Å². The number of carbonyl (C=O) groups is 1. The van der Waals surface area contributed by atoms with E-state index in [9.17, 15) is 4.79 Å². The van der Waals surface area contributed by atoms with E-state index < -0.39 is 0 Å². The Morgan fingerprint density at radius 1 is 1.08 bits per heavy atom. The Morgan fingerprint density at radius 2 is 1.77 bits per heavy atom. The number of methoxy groups -OCH3 is 2. The molecule has 8 heteroatoms. The highest BCUT2D eigenvalue weighted by Crippen LogP contribution is 2.33. The van der Waals surface area contributed by atoms with E-state index in [4.69, 9.17) is 9.47 Å². The van der Waals surface area contributed by atoms with Crippen LogP contribution in [-0.2, 0) is 23.2 Å². The van der Waals surface area contributed by atoms with Gasteiger partial charge in [0.2, 0.25) is 5.88 Å². The highest BCUT2D eigenvalue weighted by Gasteiger charge is 2.23. The van der Waals surface area contributed by atoms with Gasteiger partial charge >= 0.3 is 5.97 Å². The van der Waals surface area contributed by atoms with Crippen LogP contribution in [0.2, 0.25) is 0 Å². The molecule has 0 aliphatic rings. The second kappa shape index (κ2) is 14.7. The molecule has 1 N–H and O–H groups in total. The molecule has 0 fully saturated rings. The maximum atomic E-state index is 15.1. The number of halogens is 1. The van der Waals surface area contributed by atoms with Crippen LogP contribution >= 0.6 is 11.3 Å². The molecule has 0 saturated carbocycles. The third-order valence-corrected chi connectivity index (χ3v) is 7.41. The van der Waals surface area contributed by atoms with Crippen molar-refractivity contribution in [3.63, 3.8) is 0 Å². The van der Waals surface area contributed by atoms with Gasteiger partial charge in [-0.1, -0.05) is 52.8 Å². The van der Waals surface area contributed by atoms with Gasteiger partial charge in [-0.15, -0.1) is 11.3 Å². The maximum absolute atomic E-state index is 15.1. The Bertz CT molecular complexity index is 1320. The van der Waals surface area contributed by atoms with Crippen molar-refractivity contribution in [2.24, 2.45) is 4.99 Å². The first-order valence-electron chi connectivity index (χ1n) is 13.0. The number of pyridine rings is 1. The molecule has 6 nitrogen and oxygen atoms in total. The molecule has 3 aromatic rings. The second-order valence-corrected chi connectivity index (χ2v) is 10.6. The molecule has 0 radical (unpaired) electrons. The minimum Gasteiger partial charge on any atom is -0.481 e. The molecular weight excluding hydrogens is 513 g/mol. The minimum atomic E-state index is -0.355. The summed E-state index contributed by atoms with van der Waals surface area (Å²) in [5.41, 5.74) is 4.35. The Morgan fingerprint density at radius 3 is 2.33 bits per heavy atom. The first-order chi connectivity index (χ1) is 18.6. The van der Waals surface area contributed by atoms with Gasteiger partial charge in [-0.3, -0.25) is 4.99 Å². The normalized spacial score (nSPS) is 11.8. The zero-order chi connectivity index (χ0) is 29.2. The van der Waals surface area contributed by atoms with Crippen molar-refractivity contribution in [1.29, 1.82) is 0 Å². The minimum absolute atomic E-state index is 0.0832. The average Bonchev–Trinajstić information content (AvgIpc) is 3.38. The summed E-state index contributed by atoms with van der Waals surface area (Å²) < 4.78 is 25.5. The predicted octanol–water partition coefficient (Wildman–Crippen LogP) is 7.46. The number of ether oxygens (including phenoxy) is 2. The number of nitrogens with zero attached hydrogens (tertiary/aromatic N) is 2.